The minimum Gasteiger partial charge on any atom is -0.383 e. The molecule has 5 unspecified atom stereocenters. The maximum atomic E-state index is 14.2. The zero-order valence-corrected chi connectivity index (χ0v) is 20.5. The molecule has 5 heteroatoms. The standard InChI is InChI=1S/C23H37NO4.C2H6/c1-12-9-16-18(25)22(15(4)10-14(3)20(16,5)6)11-13(2)17(24)23(22,27)19(12)28-21(7,8)26;1-2/h9,11,14-17,19,26-27H,10,24H2,1-8H3;1-2H3/t14-,15+,16?,17?,19?,22?,23?;/m0./s1. The molecule has 0 aromatic carbocycles. The molecule has 4 N–H and O–H groups in total. The van der Waals surface area contributed by atoms with Crippen LogP contribution in [0.5, 0.6) is 0 Å². The maximum absolute atomic E-state index is 14.2. The first-order chi connectivity index (χ1) is 13.6. The molecule has 1 fully saturated rings. The van der Waals surface area contributed by atoms with Crippen LogP contribution in [0.15, 0.2) is 23.3 Å². The molecule has 0 radical (unpaired) electrons. The van der Waals surface area contributed by atoms with Crippen molar-refractivity contribution in [3.63, 3.8) is 0 Å². The van der Waals surface area contributed by atoms with Crippen molar-refractivity contribution >= 4 is 5.78 Å². The molecule has 2 bridgehead atoms. The average molecular weight is 422 g/mol. The van der Waals surface area contributed by atoms with Gasteiger partial charge in [0.25, 0.3) is 0 Å². The number of carbonyl (C=O) groups is 1. The van der Waals surface area contributed by atoms with Crippen LogP contribution in [-0.2, 0) is 9.53 Å². The number of fused-ring (bicyclic) bond motifs is 1. The fraction of sp³-hybridized carbons (Fsp3) is 0.800. The van der Waals surface area contributed by atoms with E-state index in [4.69, 9.17) is 10.5 Å². The van der Waals surface area contributed by atoms with E-state index in [1.54, 1.807) is 0 Å². The van der Waals surface area contributed by atoms with E-state index in [-0.39, 0.29) is 23.0 Å². The van der Waals surface area contributed by atoms with Crippen LogP contribution < -0.4 is 5.73 Å². The molecule has 0 aromatic rings. The molecule has 0 aromatic heterocycles. The number of hydrogen-bond acceptors (Lipinski definition) is 5. The van der Waals surface area contributed by atoms with Crippen LogP contribution in [0.25, 0.3) is 0 Å². The van der Waals surface area contributed by atoms with Gasteiger partial charge < -0.3 is 20.7 Å². The fourth-order valence-electron chi connectivity index (χ4n) is 5.98. The summed E-state index contributed by atoms with van der Waals surface area (Å²) < 4.78 is 6.01. The van der Waals surface area contributed by atoms with E-state index in [9.17, 15) is 15.0 Å². The summed E-state index contributed by atoms with van der Waals surface area (Å²) >= 11 is 0. The van der Waals surface area contributed by atoms with Gasteiger partial charge in [-0.3, -0.25) is 4.79 Å². The molecule has 3 aliphatic carbocycles. The SMILES string of the molecule is CC.CC1=CC23C(=O)C(C=C(C)C(OC(C)(C)O)C2(O)C1N)C(C)(C)[C@@H](C)C[C@H]3C. The van der Waals surface area contributed by atoms with Crippen LogP contribution in [0.3, 0.4) is 0 Å². The van der Waals surface area contributed by atoms with Crippen LogP contribution in [0.1, 0.15) is 75.7 Å². The van der Waals surface area contributed by atoms with Crippen LogP contribution in [0.4, 0.5) is 0 Å². The highest BCUT2D eigenvalue weighted by molar-refractivity contribution is 5.95. The van der Waals surface area contributed by atoms with Gasteiger partial charge in [0, 0.05) is 5.92 Å². The zero-order valence-electron chi connectivity index (χ0n) is 20.5. The van der Waals surface area contributed by atoms with Gasteiger partial charge in [0.1, 0.15) is 11.7 Å². The van der Waals surface area contributed by atoms with Gasteiger partial charge in [0.2, 0.25) is 0 Å². The number of allylic oxidation sites excluding steroid dienone is 1. The minimum absolute atomic E-state index is 0.0188. The molecule has 0 heterocycles. The van der Waals surface area contributed by atoms with Crippen molar-refractivity contribution in [1.29, 1.82) is 0 Å². The Bertz CT molecular complexity index is 747. The van der Waals surface area contributed by atoms with Crippen molar-refractivity contribution in [2.45, 2.75) is 99.2 Å². The maximum Gasteiger partial charge on any atom is 0.160 e. The van der Waals surface area contributed by atoms with Gasteiger partial charge in [-0.25, -0.2) is 0 Å². The highest BCUT2D eigenvalue weighted by atomic mass is 16.6. The van der Waals surface area contributed by atoms with Crippen LogP contribution in [0.2, 0.25) is 0 Å². The largest absolute Gasteiger partial charge is 0.383 e. The molecule has 3 rings (SSSR count). The monoisotopic (exact) mass is 421 g/mol. The molecule has 1 saturated carbocycles. The van der Waals surface area contributed by atoms with Crippen molar-refractivity contribution in [2.75, 3.05) is 0 Å². The molecule has 7 atom stereocenters. The second-order valence-electron chi connectivity index (χ2n) is 10.6. The molecule has 30 heavy (non-hydrogen) atoms. The Morgan fingerprint density at radius 1 is 1.13 bits per heavy atom. The quantitative estimate of drug-likeness (QED) is 0.463. The van der Waals surface area contributed by atoms with E-state index >= 15 is 0 Å². The first-order valence-electron chi connectivity index (χ1n) is 11.4. The van der Waals surface area contributed by atoms with Gasteiger partial charge >= 0.3 is 0 Å². The van der Waals surface area contributed by atoms with E-state index in [0.717, 1.165) is 17.6 Å². The number of nitrogens with two attached hydrogens (primary N) is 1. The molecule has 172 valence electrons. The van der Waals surface area contributed by atoms with E-state index in [1.807, 2.05) is 46.8 Å². The van der Waals surface area contributed by atoms with Gasteiger partial charge in [-0.05, 0) is 56.9 Å². The van der Waals surface area contributed by atoms with Gasteiger partial charge in [0.05, 0.1) is 11.5 Å². The summed E-state index contributed by atoms with van der Waals surface area (Å²) in [5.41, 5.74) is 5.04. The average Bonchev–Trinajstić information content (AvgIpc) is 2.79. The highest BCUT2D eigenvalue weighted by Gasteiger charge is 2.71. The first kappa shape index (κ1) is 25.3. The van der Waals surface area contributed by atoms with Crippen molar-refractivity contribution in [3.8, 4) is 0 Å². The lowest BCUT2D eigenvalue weighted by Crippen LogP contribution is -2.68. The Morgan fingerprint density at radius 3 is 2.17 bits per heavy atom. The number of carbonyl (C=O) groups excluding carboxylic acids is 1. The molecule has 5 nitrogen and oxygen atoms in total. The molecular formula is C25H43NO4. The normalized spacial score (nSPS) is 42.8. The fourth-order valence-corrected chi connectivity index (χ4v) is 5.98. The Labute approximate surface area is 182 Å². The lowest BCUT2D eigenvalue weighted by atomic mass is 9.59. The van der Waals surface area contributed by atoms with Crippen molar-refractivity contribution in [3.05, 3.63) is 23.3 Å². The van der Waals surface area contributed by atoms with Gasteiger partial charge in [-0.1, -0.05) is 59.3 Å². The number of Topliss-reactive ketones (excluding diaryl/α,β-unsaturated/α-hetero) is 1. The third kappa shape index (κ3) is 3.33. The highest BCUT2D eigenvalue weighted by Crippen LogP contribution is 2.62. The van der Waals surface area contributed by atoms with E-state index in [0.29, 0.717) is 5.92 Å². The smallest absolute Gasteiger partial charge is 0.160 e. The van der Waals surface area contributed by atoms with Gasteiger partial charge in [-0.2, -0.15) is 0 Å². The summed E-state index contributed by atoms with van der Waals surface area (Å²) in [6.45, 7) is 19.3. The van der Waals surface area contributed by atoms with Crippen molar-refractivity contribution in [1.82, 2.24) is 0 Å². The summed E-state index contributed by atoms with van der Waals surface area (Å²) in [4.78, 5) is 14.2. The molecule has 0 amide bonds. The molecule has 0 saturated heterocycles. The lowest BCUT2D eigenvalue weighted by molar-refractivity contribution is -0.254. The van der Waals surface area contributed by atoms with E-state index < -0.39 is 28.9 Å². The van der Waals surface area contributed by atoms with Gasteiger partial charge in [0.15, 0.2) is 11.6 Å². The number of ether oxygens (including phenoxy) is 1. The van der Waals surface area contributed by atoms with Crippen molar-refractivity contribution in [2.24, 2.45) is 34.3 Å². The number of aliphatic hydroxyl groups is 2. The lowest BCUT2D eigenvalue weighted by Gasteiger charge is -2.50. The summed E-state index contributed by atoms with van der Waals surface area (Å²) in [5.74, 6) is -1.63. The Hall–Kier alpha value is -1.01. The number of ketones is 1. The van der Waals surface area contributed by atoms with E-state index in [1.165, 1.54) is 13.8 Å². The Morgan fingerprint density at radius 2 is 1.67 bits per heavy atom. The second-order valence-corrected chi connectivity index (χ2v) is 10.6. The summed E-state index contributed by atoms with van der Waals surface area (Å²) in [7, 11) is 0. The topological polar surface area (TPSA) is 92.8 Å². The molecule has 0 aliphatic heterocycles. The van der Waals surface area contributed by atoms with Crippen LogP contribution >= 0.6 is 0 Å². The van der Waals surface area contributed by atoms with E-state index in [2.05, 4.69) is 20.8 Å². The summed E-state index contributed by atoms with van der Waals surface area (Å²) in [5, 5.41) is 22.7. The summed E-state index contributed by atoms with van der Waals surface area (Å²) in [6.07, 6.45) is 3.80. The first-order valence-corrected chi connectivity index (χ1v) is 11.4. The minimum atomic E-state index is -1.65. The van der Waals surface area contributed by atoms with Crippen molar-refractivity contribution < 1.29 is 19.7 Å². The number of hydrogen-bond donors (Lipinski definition) is 3. The second kappa shape index (κ2) is 7.84. The third-order valence-corrected chi connectivity index (χ3v) is 7.98. The van der Waals surface area contributed by atoms with Crippen LogP contribution in [0, 0.1) is 28.6 Å². The molecule has 1 spiro atoms. The Balaban J connectivity index is 0.00000155. The van der Waals surface area contributed by atoms with Crippen LogP contribution in [-0.4, -0.2) is 39.5 Å². The molecule has 3 aliphatic rings. The predicted molar refractivity (Wildman–Crippen MR) is 121 cm³/mol. The third-order valence-electron chi connectivity index (χ3n) is 7.98. The zero-order chi connectivity index (χ0) is 23.4. The summed E-state index contributed by atoms with van der Waals surface area (Å²) in [6, 6.07) is -0.745. The van der Waals surface area contributed by atoms with Gasteiger partial charge in [-0.15, -0.1) is 0 Å². The molecular weight excluding hydrogens is 378 g/mol. The number of rotatable bonds is 2. The Kier molecular flexibility index (Phi) is 6.60. The predicted octanol–water partition coefficient (Wildman–Crippen LogP) is 3.98.